The van der Waals surface area contributed by atoms with Gasteiger partial charge in [-0.05, 0) is 42.9 Å². The molecule has 98 valence electrons. The average molecular weight is 272 g/mol. The first-order valence-corrected chi connectivity index (χ1v) is 6.28. The van der Waals surface area contributed by atoms with E-state index in [1.807, 2.05) is 0 Å². The number of hydrogen-bond donors (Lipinski definition) is 2. The second-order valence-corrected chi connectivity index (χ2v) is 5.19. The minimum atomic E-state index is -0.596. The molecule has 1 aromatic rings. The number of aliphatic hydroxyl groups excluding tert-OH is 1. The molecule has 0 saturated heterocycles. The zero-order chi connectivity index (χ0) is 13.2. The first kappa shape index (κ1) is 13.3. The van der Waals surface area contributed by atoms with E-state index in [1.165, 1.54) is 12.1 Å². The van der Waals surface area contributed by atoms with Gasteiger partial charge < -0.3 is 10.4 Å². The highest BCUT2D eigenvalue weighted by Crippen LogP contribution is 2.47. The summed E-state index contributed by atoms with van der Waals surface area (Å²) < 4.78 is 13.2. The van der Waals surface area contributed by atoms with Gasteiger partial charge in [-0.25, -0.2) is 4.39 Å². The monoisotopic (exact) mass is 271 g/mol. The molecule has 1 aromatic carbocycles. The Labute approximate surface area is 110 Å². The summed E-state index contributed by atoms with van der Waals surface area (Å²) in [5, 5.41) is 11.7. The normalized spacial score (nSPS) is 16.4. The standard InChI is InChI=1S/C13H15ClFNO2/c14-10-2-1-9(7-11(10)15)12(18)16-8-13(3-4-13)5-6-17/h1-2,7,17H,3-6,8H2,(H,16,18). The molecule has 2 N–H and O–H groups in total. The Hall–Kier alpha value is -1.13. The number of halogens is 2. The number of carbonyl (C=O) groups is 1. The van der Waals surface area contributed by atoms with Crippen molar-refractivity contribution in [2.45, 2.75) is 19.3 Å². The summed E-state index contributed by atoms with van der Waals surface area (Å²) in [6, 6.07) is 3.99. The Kier molecular flexibility index (Phi) is 3.88. The van der Waals surface area contributed by atoms with Crippen LogP contribution in [0.4, 0.5) is 4.39 Å². The highest BCUT2D eigenvalue weighted by atomic mass is 35.5. The largest absolute Gasteiger partial charge is 0.396 e. The van der Waals surface area contributed by atoms with E-state index in [1.54, 1.807) is 0 Å². The van der Waals surface area contributed by atoms with Crippen molar-refractivity contribution in [3.63, 3.8) is 0 Å². The van der Waals surface area contributed by atoms with E-state index in [9.17, 15) is 9.18 Å². The fourth-order valence-corrected chi connectivity index (χ4v) is 2.05. The summed E-state index contributed by atoms with van der Waals surface area (Å²) in [6.45, 7) is 0.655. The van der Waals surface area contributed by atoms with Gasteiger partial charge in [0.2, 0.25) is 0 Å². The maximum atomic E-state index is 13.2. The van der Waals surface area contributed by atoms with Gasteiger partial charge in [-0.15, -0.1) is 0 Å². The maximum absolute atomic E-state index is 13.2. The van der Waals surface area contributed by atoms with E-state index in [4.69, 9.17) is 16.7 Å². The molecule has 3 nitrogen and oxygen atoms in total. The molecule has 1 amide bonds. The minimum Gasteiger partial charge on any atom is -0.396 e. The third kappa shape index (κ3) is 3.00. The first-order valence-electron chi connectivity index (χ1n) is 5.90. The second kappa shape index (κ2) is 5.24. The first-order chi connectivity index (χ1) is 8.56. The summed E-state index contributed by atoms with van der Waals surface area (Å²) in [5.41, 5.74) is 0.312. The van der Waals surface area contributed by atoms with Crippen molar-refractivity contribution in [2.75, 3.05) is 13.2 Å². The van der Waals surface area contributed by atoms with Gasteiger partial charge in [0.25, 0.3) is 5.91 Å². The van der Waals surface area contributed by atoms with Crippen LogP contribution in [-0.2, 0) is 0 Å². The van der Waals surface area contributed by atoms with Crippen LogP contribution in [0.5, 0.6) is 0 Å². The number of hydrogen-bond acceptors (Lipinski definition) is 2. The number of benzene rings is 1. The Morgan fingerprint density at radius 1 is 1.50 bits per heavy atom. The smallest absolute Gasteiger partial charge is 0.251 e. The van der Waals surface area contributed by atoms with Gasteiger partial charge in [0, 0.05) is 18.7 Å². The molecule has 2 rings (SSSR count). The molecule has 5 heteroatoms. The number of carbonyl (C=O) groups excluding carboxylic acids is 1. The van der Waals surface area contributed by atoms with E-state index in [0.717, 1.165) is 18.9 Å². The molecule has 1 aliphatic rings. The lowest BCUT2D eigenvalue weighted by molar-refractivity contribution is 0.0940. The van der Waals surface area contributed by atoms with Crippen molar-refractivity contribution < 1.29 is 14.3 Å². The van der Waals surface area contributed by atoms with Gasteiger partial charge in [0.05, 0.1) is 5.02 Å². The van der Waals surface area contributed by atoms with Gasteiger partial charge in [-0.1, -0.05) is 11.6 Å². The molecule has 1 saturated carbocycles. The number of rotatable bonds is 5. The second-order valence-electron chi connectivity index (χ2n) is 4.79. The highest BCUT2D eigenvalue weighted by Gasteiger charge is 2.41. The number of nitrogens with one attached hydrogen (secondary N) is 1. The Morgan fingerprint density at radius 3 is 2.78 bits per heavy atom. The molecule has 0 radical (unpaired) electrons. The fraction of sp³-hybridized carbons (Fsp3) is 0.462. The minimum absolute atomic E-state index is 0.00509. The Morgan fingerprint density at radius 2 is 2.22 bits per heavy atom. The lowest BCUT2D eigenvalue weighted by Gasteiger charge is -2.14. The van der Waals surface area contributed by atoms with Crippen molar-refractivity contribution in [3.05, 3.63) is 34.6 Å². The predicted molar refractivity (Wildman–Crippen MR) is 67.1 cm³/mol. The third-order valence-electron chi connectivity index (χ3n) is 3.40. The van der Waals surface area contributed by atoms with Crippen molar-refractivity contribution in [3.8, 4) is 0 Å². The predicted octanol–water partition coefficient (Wildman–Crippen LogP) is 2.37. The fourth-order valence-electron chi connectivity index (χ4n) is 1.94. The lowest BCUT2D eigenvalue weighted by Crippen LogP contribution is -2.30. The van der Waals surface area contributed by atoms with Crippen molar-refractivity contribution >= 4 is 17.5 Å². The van der Waals surface area contributed by atoms with Crippen LogP contribution in [-0.4, -0.2) is 24.2 Å². The van der Waals surface area contributed by atoms with Gasteiger partial charge in [-0.2, -0.15) is 0 Å². The Balaban J connectivity index is 1.93. The SMILES string of the molecule is O=C(NCC1(CCO)CC1)c1ccc(Cl)c(F)c1. The van der Waals surface area contributed by atoms with Crippen LogP contribution in [0.3, 0.4) is 0 Å². The molecule has 1 aliphatic carbocycles. The van der Waals surface area contributed by atoms with E-state index in [2.05, 4.69) is 5.32 Å². The molecule has 18 heavy (non-hydrogen) atoms. The molecular formula is C13H15ClFNO2. The number of aliphatic hydroxyl groups is 1. The van der Waals surface area contributed by atoms with Crippen molar-refractivity contribution in [1.29, 1.82) is 0 Å². The van der Waals surface area contributed by atoms with Crippen LogP contribution in [0, 0.1) is 11.2 Å². The van der Waals surface area contributed by atoms with Gasteiger partial charge in [0.1, 0.15) is 5.82 Å². The van der Waals surface area contributed by atoms with Gasteiger partial charge >= 0.3 is 0 Å². The third-order valence-corrected chi connectivity index (χ3v) is 3.71. The molecule has 0 heterocycles. The summed E-state index contributed by atoms with van der Waals surface area (Å²) >= 11 is 5.55. The zero-order valence-electron chi connectivity index (χ0n) is 9.88. The van der Waals surface area contributed by atoms with E-state index in [0.29, 0.717) is 13.0 Å². The average Bonchev–Trinajstić information content (AvgIpc) is 3.11. The van der Waals surface area contributed by atoms with Crippen LogP contribution in [0.15, 0.2) is 18.2 Å². The molecule has 1 fully saturated rings. The molecule has 0 spiro atoms. The molecule has 0 aliphatic heterocycles. The highest BCUT2D eigenvalue weighted by molar-refractivity contribution is 6.30. The number of amides is 1. The van der Waals surface area contributed by atoms with E-state index in [-0.39, 0.29) is 28.5 Å². The van der Waals surface area contributed by atoms with Crippen LogP contribution < -0.4 is 5.32 Å². The molecule has 0 aromatic heterocycles. The molecular weight excluding hydrogens is 257 g/mol. The lowest BCUT2D eigenvalue weighted by atomic mass is 10.0. The van der Waals surface area contributed by atoms with Gasteiger partial charge in [-0.3, -0.25) is 4.79 Å². The van der Waals surface area contributed by atoms with Crippen LogP contribution in [0.2, 0.25) is 5.02 Å². The molecule has 0 unspecified atom stereocenters. The van der Waals surface area contributed by atoms with Crippen LogP contribution in [0.1, 0.15) is 29.6 Å². The van der Waals surface area contributed by atoms with E-state index < -0.39 is 5.82 Å². The van der Waals surface area contributed by atoms with E-state index >= 15 is 0 Å². The van der Waals surface area contributed by atoms with Gasteiger partial charge in [0.15, 0.2) is 0 Å². The summed E-state index contributed by atoms with van der Waals surface area (Å²) in [7, 11) is 0. The quantitative estimate of drug-likeness (QED) is 0.864. The topological polar surface area (TPSA) is 49.3 Å². The van der Waals surface area contributed by atoms with Crippen molar-refractivity contribution in [2.24, 2.45) is 5.41 Å². The van der Waals surface area contributed by atoms with Crippen molar-refractivity contribution in [1.82, 2.24) is 5.32 Å². The molecule has 0 atom stereocenters. The van der Waals surface area contributed by atoms with Crippen LogP contribution >= 0.6 is 11.6 Å². The summed E-state index contributed by atoms with van der Waals surface area (Å²) in [4.78, 5) is 11.8. The summed E-state index contributed by atoms with van der Waals surface area (Å²) in [5.74, 6) is -0.907. The Bertz CT molecular complexity index is 460. The maximum Gasteiger partial charge on any atom is 0.251 e. The zero-order valence-corrected chi connectivity index (χ0v) is 10.6. The summed E-state index contributed by atoms with van der Waals surface area (Å²) in [6.07, 6.45) is 2.73. The molecule has 0 bridgehead atoms. The van der Waals surface area contributed by atoms with Crippen LogP contribution in [0.25, 0.3) is 0 Å².